The van der Waals surface area contributed by atoms with Crippen LogP contribution in [0.1, 0.15) is 45.4 Å². The molecule has 0 aromatic heterocycles. The first-order chi connectivity index (χ1) is 8.66. The lowest BCUT2D eigenvalue weighted by Gasteiger charge is -2.24. The number of esters is 1. The van der Waals surface area contributed by atoms with Crippen LogP contribution in [-0.4, -0.2) is 12.6 Å². The SMILES string of the molecule is C=CCCCC(C#N)(CCCC=C)C(=O)OCC. The molecule has 0 amide bonds. The van der Waals surface area contributed by atoms with Gasteiger partial charge in [-0.3, -0.25) is 4.79 Å². The van der Waals surface area contributed by atoms with Crippen molar-refractivity contribution in [3.05, 3.63) is 25.3 Å². The lowest BCUT2D eigenvalue weighted by molar-refractivity contribution is -0.152. The zero-order valence-electron chi connectivity index (χ0n) is 11.3. The maximum Gasteiger partial charge on any atom is 0.326 e. The number of ether oxygens (including phenoxy) is 1. The lowest BCUT2D eigenvalue weighted by Crippen LogP contribution is -2.31. The molecule has 0 aromatic carbocycles. The fourth-order valence-corrected chi connectivity index (χ4v) is 1.85. The third kappa shape index (κ3) is 5.18. The van der Waals surface area contributed by atoms with Gasteiger partial charge in [-0.1, -0.05) is 12.2 Å². The molecule has 0 aliphatic carbocycles. The Bertz CT molecular complexity index is 301. The molecule has 0 rings (SSSR count). The van der Waals surface area contributed by atoms with Crippen molar-refractivity contribution < 1.29 is 9.53 Å². The Morgan fingerprint density at radius 1 is 1.28 bits per heavy atom. The van der Waals surface area contributed by atoms with E-state index in [1.54, 1.807) is 19.1 Å². The molecule has 0 bridgehead atoms. The molecule has 18 heavy (non-hydrogen) atoms. The van der Waals surface area contributed by atoms with Gasteiger partial charge in [0.05, 0.1) is 12.7 Å². The van der Waals surface area contributed by atoms with Gasteiger partial charge in [-0.25, -0.2) is 0 Å². The number of hydrogen-bond donors (Lipinski definition) is 0. The first-order valence-corrected chi connectivity index (χ1v) is 6.47. The summed E-state index contributed by atoms with van der Waals surface area (Å²) in [5.41, 5.74) is -0.998. The largest absolute Gasteiger partial charge is 0.465 e. The predicted octanol–water partition coefficient (Wildman–Crippen LogP) is 3.77. The molecular weight excluding hydrogens is 226 g/mol. The Balaban J connectivity index is 4.71. The summed E-state index contributed by atoms with van der Waals surface area (Å²) in [6, 6.07) is 2.17. The minimum atomic E-state index is -0.998. The van der Waals surface area contributed by atoms with Crippen molar-refractivity contribution in [1.29, 1.82) is 5.26 Å². The fraction of sp³-hybridized carbons (Fsp3) is 0.600. The molecule has 3 nitrogen and oxygen atoms in total. The van der Waals surface area contributed by atoms with Crippen molar-refractivity contribution >= 4 is 5.97 Å². The molecule has 100 valence electrons. The number of allylic oxidation sites excluding steroid dienone is 2. The Labute approximate surface area is 110 Å². The lowest BCUT2D eigenvalue weighted by atomic mass is 9.79. The molecule has 0 N–H and O–H groups in total. The molecular formula is C15H23NO2. The maximum absolute atomic E-state index is 12.0. The third-order valence-electron chi connectivity index (χ3n) is 2.90. The summed E-state index contributed by atoms with van der Waals surface area (Å²) in [5, 5.41) is 9.37. The molecule has 0 saturated heterocycles. The van der Waals surface area contributed by atoms with E-state index in [0.717, 1.165) is 25.7 Å². The Hall–Kier alpha value is -1.56. The molecule has 0 unspecified atom stereocenters. The van der Waals surface area contributed by atoms with Gasteiger partial charge >= 0.3 is 5.97 Å². The average molecular weight is 249 g/mol. The fourth-order valence-electron chi connectivity index (χ4n) is 1.85. The molecule has 0 radical (unpaired) electrons. The van der Waals surface area contributed by atoms with Gasteiger partial charge in [-0.15, -0.1) is 13.2 Å². The number of unbranched alkanes of at least 4 members (excludes halogenated alkanes) is 2. The van der Waals surface area contributed by atoms with Crippen LogP contribution in [0.2, 0.25) is 0 Å². The van der Waals surface area contributed by atoms with Crippen LogP contribution in [0.3, 0.4) is 0 Å². The summed E-state index contributed by atoms with van der Waals surface area (Å²) in [4.78, 5) is 12.0. The zero-order chi connectivity index (χ0) is 13.9. The van der Waals surface area contributed by atoms with Gasteiger partial charge in [-0.05, 0) is 45.4 Å². The van der Waals surface area contributed by atoms with E-state index in [0.29, 0.717) is 19.4 Å². The van der Waals surface area contributed by atoms with E-state index >= 15 is 0 Å². The summed E-state index contributed by atoms with van der Waals surface area (Å²) >= 11 is 0. The van der Waals surface area contributed by atoms with Gasteiger partial charge in [-0.2, -0.15) is 5.26 Å². The molecule has 0 aliphatic rings. The zero-order valence-corrected chi connectivity index (χ0v) is 11.3. The smallest absolute Gasteiger partial charge is 0.326 e. The standard InChI is InChI=1S/C15H23NO2/c1-4-7-9-11-15(13-16,12-10-8-5-2)14(17)18-6-3/h4-5H,1-2,6-12H2,3H3. The first kappa shape index (κ1) is 16.4. The summed E-state index contributed by atoms with van der Waals surface area (Å²) in [6.07, 6.45) is 7.85. The second-order valence-corrected chi connectivity index (χ2v) is 4.28. The summed E-state index contributed by atoms with van der Waals surface area (Å²) in [7, 11) is 0. The van der Waals surface area contributed by atoms with E-state index in [9.17, 15) is 10.1 Å². The van der Waals surface area contributed by atoms with Crippen LogP contribution in [0.4, 0.5) is 0 Å². The van der Waals surface area contributed by atoms with Crippen molar-refractivity contribution in [2.24, 2.45) is 5.41 Å². The van der Waals surface area contributed by atoms with E-state index in [1.807, 2.05) is 0 Å². The quantitative estimate of drug-likeness (QED) is 0.336. The highest BCUT2D eigenvalue weighted by atomic mass is 16.5. The van der Waals surface area contributed by atoms with Crippen molar-refractivity contribution in [3.8, 4) is 6.07 Å². The summed E-state index contributed by atoms with van der Waals surface area (Å²) in [6.45, 7) is 9.37. The van der Waals surface area contributed by atoms with Gasteiger partial charge in [0.1, 0.15) is 0 Å². The number of nitrogens with zero attached hydrogens (tertiary/aromatic N) is 1. The van der Waals surface area contributed by atoms with E-state index in [4.69, 9.17) is 4.74 Å². The second kappa shape index (κ2) is 9.47. The topological polar surface area (TPSA) is 50.1 Å². The summed E-state index contributed by atoms with van der Waals surface area (Å²) < 4.78 is 5.05. The highest BCUT2D eigenvalue weighted by molar-refractivity contribution is 5.80. The van der Waals surface area contributed by atoms with Crippen LogP contribution < -0.4 is 0 Å². The monoisotopic (exact) mass is 249 g/mol. The highest BCUT2D eigenvalue weighted by Crippen LogP contribution is 2.32. The van der Waals surface area contributed by atoms with Crippen LogP contribution in [0.25, 0.3) is 0 Å². The molecule has 3 heteroatoms. The summed E-state index contributed by atoms with van der Waals surface area (Å²) in [5.74, 6) is -0.388. The molecule has 0 fully saturated rings. The third-order valence-corrected chi connectivity index (χ3v) is 2.90. The van der Waals surface area contributed by atoms with Crippen LogP contribution in [0.15, 0.2) is 25.3 Å². The number of hydrogen-bond acceptors (Lipinski definition) is 3. The average Bonchev–Trinajstić information content (AvgIpc) is 2.37. The minimum absolute atomic E-state index is 0.311. The predicted molar refractivity (Wildman–Crippen MR) is 72.8 cm³/mol. The van der Waals surface area contributed by atoms with Gasteiger partial charge in [0.25, 0.3) is 0 Å². The second-order valence-electron chi connectivity index (χ2n) is 4.28. The van der Waals surface area contributed by atoms with Crippen molar-refractivity contribution in [2.75, 3.05) is 6.61 Å². The molecule has 0 aliphatic heterocycles. The van der Waals surface area contributed by atoms with Gasteiger partial charge < -0.3 is 4.74 Å². The number of rotatable bonds is 10. The maximum atomic E-state index is 12.0. The van der Waals surface area contributed by atoms with E-state index < -0.39 is 5.41 Å². The molecule has 0 heterocycles. The number of carbonyl (C=O) groups is 1. The van der Waals surface area contributed by atoms with Crippen molar-refractivity contribution in [2.45, 2.75) is 45.4 Å². The van der Waals surface area contributed by atoms with Crippen LogP contribution in [-0.2, 0) is 9.53 Å². The Morgan fingerprint density at radius 2 is 1.78 bits per heavy atom. The minimum Gasteiger partial charge on any atom is -0.465 e. The number of nitriles is 1. The molecule has 0 saturated carbocycles. The molecule has 0 spiro atoms. The van der Waals surface area contributed by atoms with E-state index in [1.165, 1.54) is 0 Å². The molecule has 0 aromatic rings. The van der Waals surface area contributed by atoms with Crippen molar-refractivity contribution in [1.82, 2.24) is 0 Å². The Kier molecular flexibility index (Phi) is 8.65. The normalized spacial score (nSPS) is 10.4. The van der Waals surface area contributed by atoms with Gasteiger partial charge in [0.15, 0.2) is 5.41 Å². The van der Waals surface area contributed by atoms with Crippen LogP contribution in [0, 0.1) is 16.7 Å². The number of carbonyl (C=O) groups excluding carboxylic acids is 1. The molecule has 0 atom stereocenters. The highest BCUT2D eigenvalue weighted by Gasteiger charge is 2.38. The van der Waals surface area contributed by atoms with Gasteiger partial charge in [0, 0.05) is 0 Å². The van der Waals surface area contributed by atoms with E-state index in [2.05, 4.69) is 19.2 Å². The van der Waals surface area contributed by atoms with Crippen molar-refractivity contribution in [3.63, 3.8) is 0 Å². The van der Waals surface area contributed by atoms with Gasteiger partial charge in [0.2, 0.25) is 0 Å². The van der Waals surface area contributed by atoms with Crippen LogP contribution >= 0.6 is 0 Å². The van der Waals surface area contributed by atoms with E-state index in [-0.39, 0.29) is 5.97 Å². The van der Waals surface area contributed by atoms with Crippen LogP contribution in [0.5, 0.6) is 0 Å². The first-order valence-electron chi connectivity index (χ1n) is 6.47. The Morgan fingerprint density at radius 3 is 2.11 bits per heavy atom.